The van der Waals surface area contributed by atoms with E-state index in [4.69, 9.17) is 5.73 Å². The predicted octanol–water partition coefficient (Wildman–Crippen LogP) is 0.119. The van der Waals surface area contributed by atoms with E-state index in [1.165, 1.54) is 38.2 Å². The Morgan fingerprint density at radius 2 is 1.75 bits per heavy atom. The zero-order valence-electron chi connectivity index (χ0n) is 14.3. The van der Waals surface area contributed by atoms with Gasteiger partial charge in [-0.2, -0.15) is 4.31 Å². The Balaban J connectivity index is 2.76. The van der Waals surface area contributed by atoms with Crippen LogP contribution in [0.2, 0.25) is 0 Å². The van der Waals surface area contributed by atoms with Crippen LogP contribution in [0.1, 0.15) is 20.8 Å². The van der Waals surface area contributed by atoms with Gasteiger partial charge in [0.2, 0.25) is 21.8 Å². The Kier molecular flexibility index (Phi) is 6.47. The van der Waals surface area contributed by atoms with E-state index in [0.29, 0.717) is 5.69 Å². The normalized spacial score (nSPS) is 12.1. The largest absolute Gasteiger partial charge is 0.353 e. The van der Waals surface area contributed by atoms with Crippen molar-refractivity contribution in [3.05, 3.63) is 24.3 Å². The van der Waals surface area contributed by atoms with E-state index in [0.717, 1.165) is 4.31 Å². The van der Waals surface area contributed by atoms with E-state index >= 15 is 0 Å². The minimum absolute atomic E-state index is 0.0334. The molecule has 0 aliphatic rings. The molecule has 0 heterocycles. The van der Waals surface area contributed by atoms with Crippen LogP contribution in [0.5, 0.6) is 0 Å². The lowest BCUT2D eigenvalue weighted by molar-refractivity contribution is -0.121. The summed E-state index contributed by atoms with van der Waals surface area (Å²) < 4.78 is 25.8. The molecule has 0 unspecified atom stereocenters. The van der Waals surface area contributed by atoms with E-state index in [1.807, 2.05) is 0 Å². The SMILES string of the molecule is CC(=O)Nc1ccc(S(=O)(=O)N(C)CC(=O)NCC(C)(C)N)cc1. The highest BCUT2D eigenvalue weighted by Gasteiger charge is 2.23. The van der Waals surface area contributed by atoms with Crippen LogP contribution in [0.15, 0.2) is 29.2 Å². The van der Waals surface area contributed by atoms with Gasteiger partial charge in [0.25, 0.3) is 0 Å². The van der Waals surface area contributed by atoms with Crippen LogP contribution in [0.4, 0.5) is 5.69 Å². The molecule has 0 aliphatic heterocycles. The molecule has 0 fully saturated rings. The van der Waals surface area contributed by atoms with Crippen molar-refractivity contribution < 1.29 is 18.0 Å². The van der Waals surface area contributed by atoms with E-state index in [2.05, 4.69) is 10.6 Å². The van der Waals surface area contributed by atoms with Crippen molar-refractivity contribution >= 4 is 27.5 Å². The van der Waals surface area contributed by atoms with E-state index < -0.39 is 21.5 Å². The molecular formula is C15H24N4O4S. The maximum Gasteiger partial charge on any atom is 0.243 e. The number of nitrogens with zero attached hydrogens (tertiary/aromatic N) is 1. The Morgan fingerprint density at radius 1 is 1.21 bits per heavy atom. The van der Waals surface area contributed by atoms with Crippen molar-refractivity contribution in [1.29, 1.82) is 0 Å². The summed E-state index contributed by atoms with van der Waals surface area (Å²) in [6.07, 6.45) is 0. The molecule has 0 saturated carbocycles. The molecule has 1 aromatic rings. The first-order chi connectivity index (χ1) is 10.9. The Bertz CT molecular complexity index is 693. The molecule has 0 aliphatic carbocycles. The molecular weight excluding hydrogens is 332 g/mol. The van der Waals surface area contributed by atoms with Crippen LogP contribution in [0.3, 0.4) is 0 Å². The highest BCUT2D eigenvalue weighted by Crippen LogP contribution is 2.17. The van der Waals surface area contributed by atoms with Crippen molar-refractivity contribution in [2.45, 2.75) is 31.2 Å². The van der Waals surface area contributed by atoms with Gasteiger partial charge in [0, 0.05) is 31.7 Å². The van der Waals surface area contributed by atoms with Crippen LogP contribution < -0.4 is 16.4 Å². The number of sulfonamides is 1. The Hall–Kier alpha value is -1.97. The molecule has 1 aromatic carbocycles. The van der Waals surface area contributed by atoms with Gasteiger partial charge in [0.1, 0.15) is 0 Å². The number of carbonyl (C=O) groups excluding carboxylic acids is 2. The van der Waals surface area contributed by atoms with Gasteiger partial charge in [-0.3, -0.25) is 9.59 Å². The fourth-order valence-corrected chi connectivity index (χ4v) is 2.89. The number of carbonyl (C=O) groups is 2. The quantitative estimate of drug-likeness (QED) is 0.640. The second-order valence-corrected chi connectivity index (χ2v) is 8.28. The number of anilines is 1. The van der Waals surface area contributed by atoms with Crippen LogP contribution in [-0.2, 0) is 19.6 Å². The molecule has 134 valence electrons. The number of benzene rings is 1. The standard InChI is InChI=1S/C15H24N4O4S/c1-11(20)18-12-5-7-13(8-6-12)24(22,23)19(4)9-14(21)17-10-15(2,3)16/h5-8H,9-10,16H2,1-4H3,(H,17,21)(H,18,20). The smallest absolute Gasteiger partial charge is 0.243 e. The highest BCUT2D eigenvalue weighted by atomic mass is 32.2. The molecule has 9 heteroatoms. The average Bonchev–Trinajstić information content (AvgIpc) is 2.44. The predicted molar refractivity (Wildman–Crippen MR) is 91.8 cm³/mol. The molecule has 0 saturated heterocycles. The van der Waals surface area contributed by atoms with Crippen molar-refractivity contribution in [1.82, 2.24) is 9.62 Å². The summed E-state index contributed by atoms with van der Waals surface area (Å²) in [7, 11) is -2.48. The van der Waals surface area contributed by atoms with Gasteiger partial charge in [-0.25, -0.2) is 8.42 Å². The van der Waals surface area contributed by atoms with Crippen LogP contribution in [0, 0.1) is 0 Å². The number of likely N-dealkylation sites (N-methyl/N-ethyl adjacent to an activating group) is 1. The topological polar surface area (TPSA) is 122 Å². The summed E-state index contributed by atoms with van der Waals surface area (Å²) in [5.41, 5.74) is 5.68. The molecule has 2 amide bonds. The van der Waals surface area contributed by atoms with Gasteiger partial charge in [-0.1, -0.05) is 0 Å². The molecule has 1 rings (SSSR count). The minimum atomic E-state index is -3.80. The summed E-state index contributed by atoms with van der Waals surface area (Å²) in [6, 6.07) is 5.72. The number of amides is 2. The second kappa shape index (κ2) is 7.73. The number of hydrogen-bond acceptors (Lipinski definition) is 5. The van der Waals surface area contributed by atoms with E-state index in [1.54, 1.807) is 13.8 Å². The van der Waals surface area contributed by atoms with Gasteiger partial charge in [-0.05, 0) is 38.1 Å². The third-order valence-electron chi connectivity index (χ3n) is 2.99. The number of nitrogens with one attached hydrogen (secondary N) is 2. The molecule has 0 aromatic heterocycles. The number of hydrogen-bond donors (Lipinski definition) is 3. The lowest BCUT2D eigenvalue weighted by Crippen LogP contribution is -2.47. The first kappa shape index (κ1) is 20.1. The fraction of sp³-hybridized carbons (Fsp3) is 0.467. The lowest BCUT2D eigenvalue weighted by Gasteiger charge is -2.21. The average molecular weight is 356 g/mol. The Morgan fingerprint density at radius 3 is 2.21 bits per heavy atom. The maximum absolute atomic E-state index is 12.4. The third kappa shape index (κ3) is 6.26. The van der Waals surface area contributed by atoms with Crippen molar-refractivity contribution in [2.75, 3.05) is 25.5 Å². The van der Waals surface area contributed by atoms with Crippen molar-refractivity contribution in [3.8, 4) is 0 Å². The zero-order valence-corrected chi connectivity index (χ0v) is 15.1. The van der Waals surface area contributed by atoms with Crippen LogP contribution in [-0.4, -0.2) is 50.2 Å². The molecule has 0 radical (unpaired) electrons. The number of nitrogens with two attached hydrogens (primary N) is 1. The van der Waals surface area contributed by atoms with Crippen molar-refractivity contribution in [3.63, 3.8) is 0 Å². The fourth-order valence-electron chi connectivity index (χ4n) is 1.76. The molecule has 0 atom stereocenters. The van der Waals surface area contributed by atoms with E-state index in [9.17, 15) is 18.0 Å². The monoisotopic (exact) mass is 356 g/mol. The van der Waals surface area contributed by atoms with Gasteiger partial charge in [-0.15, -0.1) is 0 Å². The summed E-state index contributed by atoms with van der Waals surface area (Å²) in [5.74, 6) is -0.684. The molecule has 24 heavy (non-hydrogen) atoms. The van der Waals surface area contributed by atoms with Crippen LogP contribution in [0.25, 0.3) is 0 Å². The first-order valence-electron chi connectivity index (χ1n) is 7.31. The van der Waals surface area contributed by atoms with Gasteiger partial charge >= 0.3 is 0 Å². The minimum Gasteiger partial charge on any atom is -0.353 e. The zero-order chi connectivity index (χ0) is 18.5. The van der Waals surface area contributed by atoms with E-state index in [-0.39, 0.29) is 23.9 Å². The molecule has 0 bridgehead atoms. The summed E-state index contributed by atoms with van der Waals surface area (Å²) in [5, 5.41) is 5.14. The number of rotatable bonds is 7. The van der Waals surface area contributed by atoms with Gasteiger partial charge in [0.05, 0.1) is 11.4 Å². The van der Waals surface area contributed by atoms with Crippen LogP contribution >= 0.6 is 0 Å². The first-order valence-corrected chi connectivity index (χ1v) is 8.75. The molecule has 4 N–H and O–H groups in total. The Labute approximate surface area is 142 Å². The molecule has 8 nitrogen and oxygen atoms in total. The summed E-state index contributed by atoms with van der Waals surface area (Å²) in [4.78, 5) is 22.8. The second-order valence-electron chi connectivity index (χ2n) is 6.23. The highest BCUT2D eigenvalue weighted by molar-refractivity contribution is 7.89. The van der Waals surface area contributed by atoms with Gasteiger partial charge in [0.15, 0.2) is 0 Å². The van der Waals surface area contributed by atoms with Crippen molar-refractivity contribution in [2.24, 2.45) is 5.73 Å². The lowest BCUT2D eigenvalue weighted by atomic mass is 10.1. The third-order valence-corrected chi connectivity index (χ3v) is 4.81. The maximum atomic E-state index is 12.4. The summed E-state index contributed by atoms with van der Waals surface area (Å²) in [6.45, 7) is 4.80. The molecule has 0 spiro atoms. The van der Waals surface area contributed by atoms with Gasteiger partial charge < -0.3 is 16.4 Å². The summed E-state index contributed by atoms with van der Waals surface area (Å²) >= 11 is 0.